The van der Waals surface area contributed by atoms with Crippen LogP contribution >= 0.6 is 7.82 Å². The Balaban J connectivity index is 3.78. The lowest BCUT2D eigenvalue weighted by atomic mass is 10.9. The van der Waals surface area contributed by atoms with Crippen LogP contribution in [0.2, 0.25) is 0 Å². The third-order valence-electron chi connectivity index (χ3n) is 0.697. The molecule has 0 unspecified atom stereocenters. The SMILES string of the molecule is [CH2]COP(=O)(OC)OC. The van der Waals surface area contributed by atoms with E-state index in [4.69, 9.17) is 0 Å². The molecule has 0 atom stereocenters. The van der Waals surface area contributed by atoms with Gasteiger partial charge >= 0.3 is 7.82 Å². The maximum absolute atomic E-state index is 10.8. The third-order valence-corrected chi connectivity index (χ3v) is 2.09. The zero-order valence-electron chi connectivity index (χ0n) is 5.49. The first-order valence-corrected chi connectivity index (χ1v) is 3.80. The van der Waals surface area contributed by atoms with E-state index in [1.807, 2.05) is 0 Å². The van der Waals surface area contributed by atoms with Gasteiger partial charge in [0.15, 0.2) is 0 Å². The molecule has 0 amide bonds. The van der Waals surface area contributed by atoms with Crippen molar-refractivity contribution in [2.45, 2.75) is 0 Å². The topological polar surface area (TPSA) is 44.8 Å². The van der Waals surface area contributed by atoms with E-state index in [-0.39, 0.29) is 6.61 Å². The second-order valence-corrected chi connectivity index (χ2v) is 3.03. The Hall–Kier alpha value is 0.110. The molecule has 0 bridgehead atoms. The van der Waals surface area contributed by atoms with Crippen molar-refractivity contribution in [2.75, 3.05) is 20.8 Å². The van der Waals surface area contributed by atoms with Crippen LogP contribution < -0.4 is 0 Å². The van der Waals surface area contributed by atoms with Crippen LogP contribution in [-0.4, -0.2) is 20.8 Å². The summed E-state index contributed by atoms with van der Waals surface area (Å²) in [5.41, 5.74) is 0. The minimum absolute atomic E-state index is 0.0684. The average Bonchev–Trinajstić information content (AvgIpc) is 1.89. The Morgan fingerprint density at radius 3 is 2.00 bits per heavy atom. The van der Waals surface area contributed by atoms with Crippen molar-refractivity contribution in [2.24, 2.45) is 0 Å². The fourth-order valence-corrected chi connectivity index (χ4v) is 0.875. The maximum Gasteiger partial charge on any atom is 0.474 e. The molecule has 9 heavy (non-hydrogen) atoms. The van der Waals surface area contributed by atoms with Crippen LogP contribution in [-0.2, 0) is 18.1 Å². The Morgan fingerprint density at radius 2 is 1.89 bits per heavy atom. The first-order valence-electron chi connectivity index (χ1n) is 2.34. The summed E-state index contributed by atoms with van der Waals surface area (Å²) in [4.78, 5) is 0. The van der Waals surface area contributed by atoms with Gasteiger partial charge in [-0.25, -0.2) is 4.57 Å². The fourth-order valence-electron chi connectivity index (χ4n) is 0.292. The smallest absolute Gasteiger partial charge is 0.290 e. The summed E-state index contributed by atoms with van der Waals surface area (Å²) in [5, 5.41) is 0. The lowest BCUT2D eigenvalue weighted by molar-refractivity contribution is 0.164. The molecule has 1 radical (unpaired) electrons. The van der Waals surface area contributed by atoms with Crippen molar-refractivity contribution in [1.29, 1.82) is 0 Å². The number of phosphoric ester groups is 1. The van der Waals surface area contributed by atoms with Crippen LogP contribution in [0.3, 0.4) is 0 Å². The summed E-state index contributed by atoms with van der Waals surface area (Å²) < 4.78 is 24.2. The van der Waals surface area contributed by atoms with E-state index in [0.717, 1.165) is 0 Å². The van der Waals surface area contributed by atoms with Crippen molar-refractivity contribution in [1.82, 2.24) is 0 Å². The van der Waals surface area contributed by atoms with Crippen LogP contribution in [0.5, 0.6) is 0 Å². The van der Waals surface area contributed by atoms with Gasteiger partial charge in [0.25, 0.3) is 0 Å². The third kappa shape index (κ3) is 2.96. The molecular formula is C4H10O4P. The zero-order chi connectivity index (χ0) is 7.33. The highest BCUT2D eigenvalue weighted by Crippen LogP contribution is 2.47. The molecule has 0 aliphatic heterocycles. The summed E-state index contributed by atoms with van der Waals surface area (Å²) in [7, 11) is -0.744. The van der Waals surface area contributed by atoms with E-state index in [1.165, 1.54) is 14.2 Å². The normalized spacial score (nSPS) is 11.9. The van der Waals surface area contributed by atoms with Gasteiger partial charge in [-0.2, -0.15) is 0 Å². The van der Waals surface area contributed by atoms with Gasteiger partial charge in [0.1, 0.15) is 0 Å². The van der Waals surface area contributed by atoms with Gasteiger partial charge in [-0.15, -0.1) is 0 Å². The lowest BCUT2D eigenvalue weighted by Crippen LogP contribution is -1.93. The molecule has 0 aliphatic carbocycles. The van der Waals surface area contributed by atoms with Crippen LogP contribution in [0, 0.1) is 6.92 Å². The lowest BCUT2D eigenvalue weighted by Gasteiger charge is -2.10. The molecule has 0 rings (SSSR count). The predicted molar refractivity (Wildman–Crippen MR) is 32.9 cm³/mol. The van der Waals surface area contributed by atoms with Crippen molar-refractivity contribution < 1.29 is 18.1 Å². The Bertz CT molecular complexity index is 105. The van der Waals surface area contributed by atoms with Gasteiger partial charge in [-0.05, 0) is 6.92 Å². The van der Waals surface area contributed by atoms with Crippen LogP contribution in [0.4, 0.5) is 0 Å². The first-order chi connectivity index (χ1) is 4.18. The second kappa shape index (κ2) is 4.01. The van der Waals surface area contributed by atoms with Gasteiger partial charge in [0, 0.05) is 14.2 Å². The van der Waals surface area contributed by atoms with E-state index in [1.54, 1.807) is 0 Å². The molecule has 0 aromatic carbocycles. The molecule has 0 aliphatic rings. The molecule has 0 saturated heterocycles. The van der Waals surface area contributed by atoms with Gasteiger partial charge in [0.05, 0.1) is 6.61 Å². The second-order valence-electron chi connectivity index (χ2n) is 1.15. The van der Waals surface area contributed by atoms with Crippen molar-refractivity contribution in [3.8, 4) is 0 Å². The van der Waals surface area contributed by atoms with Gasteiger partial charge in [-0.3, -0.25) is 13.6 Å². The highest BCUT2D eigenvalue weighted by molar-refractivity contribution is 7.48. The largest absolute Gasteiger partial charge is 0.474 e. The van der Waals surface area contributed by atoms with Crippen molar-refractivity contribution in [3.63, 3.8) is 0 Å². The molecule has 0 N–H and O–H groups in total. The van der Waals surface area contributed by atoms with E-state index in [0.29, 0.717) is 0 Å². The molecule has 0 saturated carbocycles. The van der Waals surface area contributed by atoms with E-state index >= 15 is 0 Å². The van der Waals surface area contributed by atoms with E-state index < -0.39 is 7.82 Å². The molecular weight excluding hydrogens is 143 g/mol. The van der Waals surface area contributed by atoms with Crippen LogP contribution in [0.25, 0.3) is 0 Å². The van der Waals surface area contributed by atoms with Gasteiger partial charge < -0.3 is 0 Å². The Labute approximate surface area is 54.7 Å². The van der Waals surface area contributed by atoms with Gasteiger partial charge in [0.2, 0.25) is 0 Å². The monoisotopic (exact) mass is 153 g/mol. The first kappa shape index (κ1) is 9.11. The summed E-state index contributed by atoms with van der Waals surface area (Å²) in [6.45, 7) is 3.38. The summed E-state index contributed by atoms with van der Waals surface area (Å²) in [6, 6.07) is 0. The molecule has 0 fully saturated rings. The Morgan fingerprint density at radius 1 is 1.44 bits per heavy atom. The highest BCUT2D eigenvalue weighted by atomic mass is 31.2. The molecule has 4 nitrogen and oxygen atoms in total. The molecule has 0 aromatic heterocycles. The molecule has 0 heterocycles. The summed E-state index contributed by atoms with van der Waals surface area (Å²) >= 11 is 0. The highest BCUT2D eigenvalue weighted by Gasteiger charge is 2.20. The maximum atomic E-state index is 10.8. The predicted octanol–water partition coefficient (Wildman–Crippen LogP) is 1.24. The number of hydrogen-bond donors (Lipinski definition) is 0. The molecule has 55 valence electrons. The summed E-state index contributed by atoms with van der Waals surface area (Å²) in [5.74, 6) is 0. The number of hydrogen-bond acceptors (Lipinski definition) is 4. The van der Waals surface area contributed by atoms with Crippen molar-refractivity contribution in [3.05, 3.63) is 6.92 Å². The standard InChI is InChI=1S/C4H10O4P/c1-4-8-9(5,6-2)7-3/h1,4H2,2-3H3. The average molecular weight is 153 g/mol. The summed E-state index contributed by atoms with van der Waals surface area (Å²) in [6.07, 6.45) is 0. The minimum atomic E-state index is -3.24. The Kier molecular flexibility index (Phi) is 4.06. The molecule has 5 heteroatoms. The van der Waals surface area contributed by atoms with Crippen LogP contribution in [0.1, 0.15) is 0 Å². The van der Waals surface area contributed by atoms with E-state index in [9.17, 15) is 4.57 Å². The number of phosphoric acid groups is 1. The van der Waals surface area contributed by atoms with E-state index in [2.05, 4.69) is 20.5 Å². The van der Waals surface area contributed by atoms with Crippen molar-refractivity contribution >= 4 is 7.82 Å². The van der Waals surface area contributed by atoms with Gasteiger partial charge in [-0.1, -0.05) is 0 Å². The van der Waals surface area contributed by atoms with Crippen LogP contribution in [0.15, 0.2) is 0 Å². The molecule has 0 spiro atoms. The number of rotatable bonds is 4. The molecule has 0 aromatic rings. The zero-order valence-corrected chi connectivity index (χ0v) is 6.39. The minimum Gasteiger partial charge on any atom is -0.290 e. The quantitative estimate of drug-likeness (QED) is 0.570. The fraction of sp³-hybridized carbons (Fsp3) is 0.750.